The molecule has 0 aliphatic carbocycles. The summed E-state index contributed by atoms with van der Waals surface area (Å²) in [6.45, 7) is 3.51. The molecule has 1 rings (SSSR count). The Labute approximate surface area is 524 Å². The molecule has 1 heterocycles. The number of hydrogen-bond acceptors (Lipinski definition) is 10. The highest BCUT2D eigenvalue weighted by atomic mass is 16.7. The van der Waals surface area contributed by atoms with Crippen LogP contribution in [0.1, 0.15) is 373 Å². The smallest absolute Gasteiger partial charge is 0.249 e. The summed E-state index contributed by atoms with van der Waals surface area (Å²) in [4.78, 5) is 13.3. The zero-order valence-electron chi connectivity index (χ0n) is 55.9. The van der Waals surface area contributed by atoms with E-state index in [1.54, 1.807) is 0 Å². The predicted molar refractivity (Wildman–Crippen MR) is 358 cm³/mol. The van der Waals surface area contributed by atoms with Crippen molar-refractivity contribution in [3.05, 3.63) is 24.3 Å². The van der Waals surface area contributed by atoms with E-state index >= 15 is 0 Å². The van der Waals surface area contributed by atoms with Crippen molar-refractivity contribution in [3.63, 3.8) is 0 Å². The minimum absolute atomic E-state index is 0.256. The summed E-state index contributed by atoms with van der Waals surface area (Å²) in [5, 5.41) is 76.6. The molecule has 85 heavy (non-hydrogen) atoms. The number of aliphatic hydroxyl groups is 7. The molecule has 1 fully saturated rings. The van der Waals surface area contributed by atoms with Gasteiger partial charge in [0.2, 0.25) is 5.91 Å². The lowest BCUT2D eigenvalue weighted by molar-refractivity contribution is -0.303. The van der Waals surface area contributed by atoms with E-state index in [-0.39, 0.29) is 12.8 Å². The van der Waals surface area contributed by atoms with Gasteiger partial charge in [-0.05, 0) is 64.2 Å². The molecule has 0 aromatic carbocycles. The highest BCUT2D eigenvalue weighted by molar-refractivity contribution is 5.80. The van der Waals surface area contributed by atoms with Gasteiger partial charge in [-0.15, -0.1) is 0 Å². The number of amides is 1. The van der Waals surface area contributed by atoms with Gasteiger partial charge in [-0.1, -0.05) is 334 Å². The molecule has 0 bridgehead atoms. The molecule has 0 saturated carbocycles. The molecule has 0 spiro atoms. The van der Waals surface area contributed by atoms with Crippen molar-refractivity contribution in [1.29, 1.82) is 0 Å². The summed E-state index contributed by atoms with van der Waals surface area (Å²) < 4.78 is 11.2. The monoisotopic (exact) mass is 1210 g/mol. The Morgan fingerprint density at radius 2 is 0.694 bits per heavy atom. The van der Waals surface area contributed by atoms with Crippen LogP contribution in [0.3, 0.4) is 0 Å². The zero-order chi connectivity index (χ0) is 61.7. The topological polar surface area (TPSA) is 189 Å². The highest BCUT2D eigenvalue weighted by Gasteiger charge is 2.44. The van der Waals surface area contributed by atoms with Crippen LogP contribution < -0.4 is 5.32 Å². The van der Waals surface area contributed by atoms with Crippen LogP contribution in [-0.2, 0) is 14.3 Å². The van der Waals surface area contributed by atoms with Gasteiger partial charge in [0.05, 0.1) is 25.4 Å². The maximum absolute atomic E-state index is 13.3. The summed E-state index contributed by atoms with van der Waals surface area (Å²) in [5.41, 5.74) is 0. The Bertz CT molecular complexity index is 1430. The van der Waals surface area contributed by atoms with Crippen LogP contribution in [0, 0.1) is 0 Å². The molecule has 1 saturated heterocycles. The van der Waals surface area contributed by atoms with Crippen LogP contribution >= 0.6 is 0 Å². The van der Waals surface area contributed by atoms with E-state index in [0.717, 1.165) is 38.5 Å². The summed E-state index contributed by atoms with van der Waals surface area (Å²) >= 11 is 0. The first-order valence-electron chi connectivity index (χ1n) is 37.2. The quantitative estimate of drug-likeness (QED) is 0.0215. The average molecular weight is 1210 g/mol. The lowest BCUT2D eigenvalue weighted by Crippen LogP contribution is -2.60. The average Bonchev–Trinajstić information content (AvgIpc) is 3.67. The van der Waals surface area contributed by atoms with Crippen LogP contribution in [0.5, 0.6) is 0 Å². The molecular formula is C74H143NO10. The SMILES string of the molecule is CCCCCCCCCCCCCC/C=C\CCCCCCCCCCCCCCCC(O)C(=O)NC(COC1OC(CO)C(O)C(O)C1O)C(O)C(O)CCC/C=C/CCCCCCCCCCCCCCCCCCCCCCCCCC. The van der Waals surface area contributed by atoms with Crippen LogP contribution in [0.15, 0.2) is 24.3 Å². The van der Waals surface area contributed by atoms with Crippen molar-refractivity contribution in [2.45, 2.75) is 428 Å². The number of allylic oxidation sites excluding steroid dienone is 4. The normalized spacial score (nSPS) is 18.9. The number of nitrogens with one attached hydrogen (secondary N) is 1. The Kier molecular flexibility index (Phi) is 60.3. The van der Waals surface area contributed by atoms with Crippen LogP contribution in [0.25, 0.3) is 0 Å². The van der Waals surface area contributed by atoms with Crippen molar-refractivity contribution in [1.82, 2.24) is 5.32 Å². The summed E-state index contributed by atoms with van der Waals surface area (Å²) in [6.07, 6.45) is 68.5. The van der Waals surface area contributed by atoms with E-state index < -0.39 is 74.2 Å². The van der Waals surface area contributed by atoms with E-state index in [0.29, 0.717) is 12.8 Å². The second kappa shape index (κ2) is 62.8. The van der Waals surface area contributed by atoms with Crippen LogP contribution in [0.4, 0.5) is 0 Å². The maximum Gasteiger partial charge on any atom is 0.249 e. The Morgan fingerprint density at radius 1 is 0.400 bits per heavy atom. The predicted octanol–water partition coefficient (Wildman–Crippen LogP) is 18.4. The fourth-order valence-corrected chi connectivity index (χ4v) is 12.3. The fraction of sp³-hybridized carbons (Fsp3) is 0.932. The molecule has 1 aliphatic rings. The summed E-state index contributed by atoms with van der Waals surface area (Å²) in [5.74, 6) is -0.700. The van der Waals surface area contributed by atoms with E-state index in [9.17, 15) is 40.5 Å². The van der Waals surface area contributed by atoms with Crippen LogP contribution in [0.2, 0.25) is 0 Å². The molecule has 11 heteroatoms. The number of unbranched alkanes of at least 4 members (excludes halogenated alkanes) is 50. The Hall–Kier alpha value is -1.41. The first-order chi connectivity index (χ1) is 41.7. The van der Waals surface area contributed by atoms with Crippen LogP contribution in [-0.4, -0.2) is 110 Å². The van der Waals surface area contributed by atoms with Gasteiger partial charge < -0.3 is 50.5 Å². The molecular weight excluding hydrogens is 1060 g/mol. The van der Waals surface area contributed by atoms with E-state index in [4.69, 9.17) is 9.47 Å². The molecule has 1 aliphatic heterocycles. The standard InChI is InChI=1S/C74H143NO10/c1-3-5-7-9-11-13-15-17-19-21-23-25-27-29-31-33-35-37-39-41-43-45-47-49-51-53-55-57-59-61-66(77)69(79)65(64-84-74-72(82)71(81)70(80)68(63-76)85-74)75-73(83)67(78)62-60-58-56-54-52-50-48-46-44-42-40-38-36-34-32-30-28-26-24-22-20-18-16-14-12-10-8-6-4-2/h30,32,53,55,65-72,74,76-82H,3-29,31,33-52,54,56-64H2,1-2H3,(H,75,83)/b32-30-,55-53+. The Morgan fingerprint density at radius 3 is 1.01 bits per heavy atom. The third-order valence-corrected chi connectivity index (χ3v) is 18.2. The molecule has 11 nitrogen and oxygen atoms in total. The molecule has 0 radical (unpaired) electrons. The second-order valence-electron chi connectivity index (χ2n) is 26.4. The summed E-state index contributed by atoms with van der Waals surface area (Å²) in [7, 11) is 0. The third kappa shape index (κ3) is 50.0. The van der Waals surface area contributed by atoms with Crippen molar-refractivity contribution in [2.24, 2.45) is 0 Å². The number of aliphatic hydroxyl groups excluding tert-OH is 7. The van der Waals surface area contributed by atoms with Gasteiger partial charge in [-0.3, -0.25) is 4.79 Å². The van der Waals surface area contributed by atoms with Gasteiger partial charge in [0.25, 0.3) is 0 Å². The van der Waals surface area contributed by atoms with Crippen molar-refractivity contribution in [2.75, 3.05) is 13.2 Å². The minimum atomic E-state index is -1.67. The summed E-state index contributed by atoms with van der Waals surface area (Å²) in [6, 6.07) is -1.19. The molecule has 1 amide bonds. The molecule has 504 valence electrons. The largest absolute Gasteiger partial charge is 0.394 e. The number of ether oxygens (including phenoxy) is 2. The van der Waals surface area contributed by atoms with Crippen molar-refractivity contribution in [3.8, 4) is 0 Å². The second-order valence-corrected chi connectivity index (χ2v) is 26.4. The van der Waals surface area contributed by atoms with E-state index in [1.807, 2.05) is 0 Å². The number of hydrogen-bond donors (Lipinski definition) is 8. The molecule has 0 aromatic rings. The van der Waals surface area contributed by atoms with E-state index in [1.165, 1.54) is 295 Å². The van der Waals surface area contributed by atoms with Crippen molar-refractivity contribution < 1.29 is 50.0 Å². The first-order valence-corrected chi connectivity index (χ1v) is 37.2. The van der Waals surface area contributed by atoms with Gasteiger partial charge >= 0.3 is 0 Å². The molecule has 9 unspecified atom stereocenters. The van der Waals surface area contributed by atoms with Gasteiger partial charge in [0.1, 0.15) is 36.6 Å². The molecule has 0 aromatic heterocycles. The van der Waals surface area contributed by atoms with Crippen molar-refractivity contribution >= 4 is 5.91 Å². The fourth-order valence-electron chi connectivity index (χ4n) is 12.3. The minimum Gasteiger partial charge on any atom is -0.394 e. The Balaban J connectivity index is 2.19. The van der Waals surface area contributed by atoms with Gasteiger partial charge in [-0.25, -0.2) is 0 Å². The highest BCUT2D eigenvalue weighted by Crippen LogP contribution is 2.24. The lowest BCUT2D eigenvalue weighted by Gasteiger charge is -2.40. The lowest BCUT2D eigenvalue weighted by atomic mass is 9.98. The van der Waals surface area contributed by atoms with Gasteiger partial charge in [0.15, 0.2) is 6.29 Å². The molecule has 8 N–H and O–H groups in total. The van der Waals surface area contributed by atoms with Gasteiger partial charge in [0, 0.05) is 0 Å². The zero-order valence-corrected chi connectivity index (χ0v) is 55.9. The maximum atomic E-state index is 13.3. The van der Waals surface area contributed by atoms with E-state index in [2.05, 4.69) is 43.5 Å². The number of carbonyl (C=O) groups excluding carboxylic acids is 1. The number of rotatable bonds is 66. The third-order valence-electron chi connectivity index (χ3n) is 18.2. The molecule has 9 atom stereocenters. The first kappa shape index (κ1) is 81.6. The number of carbonyl (C=O) groups is 1. The van der Waals surface area contributed by atoms with Gasteiger partial charge in [-0.2, -0.15) is 0 Å².